The lowest BCUT2D eigenvalue weighted by molar-refractivity contribution is 0.0544. The molecule has 2 aromatic carbocycles. The second-order valence-corrected chi connectivity index (χ2v) is 18.5. The number of carbonyl (C=O) groups excluding carboxylic acids is 1. The standard InChI is InChI=1S/C31H41N5O4Si/c1-20-16-25(38-6)26(22-12-13-35(27(20)22)29(37)40-30(2,3)4)31(5,33)28-34-23-17-21(18-32)10-11-24(23)36(28)19-39-14-15-41(7,8)9/h10-13,16-17H,14-15,19,33H2,1-9H3. The van der Waals surface area contributed by atoms with Crippen molar-refractivity contribution in [3.05, 3.63) is 59.0 Å². The number of imidazole rings is 1. The molecule has 0 aliphatic carbocycles. The van der Waals surface area contributed by atoms with Crippen LogP contribution in [-0.4, -0.2) is 47.6 Å². The normalized spacial score (nSPS) is 13.8. The lowest BCUT2D eigenvalue weighted by Crippen LogP contribution is -2.38. The smallest absolute Gasteiger partial charge is 0.419 e. The molecule has 9 nitrogen and oxygen atoms in total. The van der Waals surface area contributed by atoms with Gasteiger partial charge in [-0.05, 0) is 76.6 Å². The Morgan fingerprint density at radius 1 is 1.15 bits per heavy atom. The van der Waals surface area contributed by atoms with Gasteiger partial charge in [0.1, 0.15) is 29.4 Å². The van der Waals surface area contributed by atoms with Gasteiger partial charge in [0, 0.05) is 31.8 Å². The molecule has 2 heterocycles. The molecule has 1 atom stereocenters. The van der Waals surface area contributed by atoms with Gasteiger partial charge < -0.3 is 24.5 Å². The number of aryl methyl sites for hydroxylation is 1. The maximum absolute atomic E-state index is 13.1. The maximum atomic E-state index is 13.1. The molecule has 2 aromatic heterocycles. The predicted molar refractivity (Wildman–Crippen MR) is 164 cm³/mol. The quantitative estimate of drug-likeness (QED) is 0.188. The summed E-state index contributed by atoms with van der Waals surface area (Å²) in [6.45, 7) is 17.1. The molecule has 10 heteroatoms. The fraction of sp³-hybridized carbons (Fsp3) is 0.452. The Kier molecular flexibility index (Phi) is 8.11. The number of fused-ring (bicyclic) bond motifs is 2. The third-order valence-corrected chi connectivity index (χ3v) is 8.72. The van der Waals surface area contributed by atoms with E-state index in [0.29, 0.717) is 40.3 Å². The molecule has 41 heavy (non-hydrogen) atoms. The first-order chi connectivity index (χ1) is 19.1. The Balaban J connectivity index is 1.91. The van der Waals surface area contributed by atoms with E-state index in [0.717, 1.165) is 22.5 Å². The van der Waals surface area contributed by atoms with E-state index in [9.17, 15) is 10.1 Å². The van der Waals surface area contributed by atoms with Crippen molar-refractivity contribution in [3.8, 4) is 11.8 Å². The number of benzene rings is 2. The number of nitrogens with two attached hydrogens (primary N) is 1. The number of methoxy groups -OCH3 is 1. The van der Waals surface area contributed by atoms with Crippen LogP contribution in [0.15, 0.2) is 36.5 Å². The molecule has 0 aliphatic rings. The van der Waals surface area contributed by atoms with Gasteiger partial charge in [0.05, 0.1) is 35.3 Å². The second-order valence-electron chi connectivity index (χ2n) is 12.9. The van der Waals surface area contributed by atoms with Crippen LogP contribution in [0.1, 0.15) is 50.2 Å². The van der Waals surface area contributed by atoms with Gasteiger partial charge in [-0.15, -0.1) is 0 Å². The first kappa shape index (κ1) is 30.3. The number of hydrogen-bond acceptors (Lipinski definition) is 7. The molecule has 0 bridgehead atoms. The Morgan fingerprint density at radius 3 is 2.46 bits per heavy atom. The fourth-order valence-electron chi connectivity index (χ4n) is 5.04. The number of nitriles is 1. The van der Waals surface area contributed by atoms with Crippen LogP contribution in [0, 0.1) is 18.3 Å². The average molecular weight is 576 g/mol. The van der Waals surface area contributed by atoms with E-state index < -0.39 is 25.3 Å². The Bertz CT molecular complexity index is 1650. The van der Waals surface area contributed by atoms with Crippen molar-refractivity contribution < 1.29 is 19.0 Å². The molecule has 0 fully saturated rings. The number of nitrogens with zero attached hydrogens (tertiary/aromatic N) is 4. The molecule has 0 spiro atoms. The van der Waals surface area contributed by atoms with Crippen LogP contribution in [0.3, 0.4) is 0 Å². The van der Waals surface area contributed by atoms with Gasteiger partial charge in [-0.3, -0.25) is 4.57 Å². The fourth-order valence-corrected chi connectivity index (χ4v) is 5.80. The largest absolute Gasteiger partial charge is 0.496 e. The van der Waals surface area contributed by atoms with Crippen molar-refractivity contribution in [3.63, 3.8) is 0 Å². The Hall–Kier alpha value is -3.65. The van der Waals surface area contributed by atoms with E-state index in [-0.39, 0.29) is 6.73 Å². The molecule has 4 aromatic rings. The van der Waals surface area contributed by atoms with E-state index >= 15 is 0 Å². The zero-order chi connectivity index (χ0) is 30.3. The molecule has 0 saturated heterocycles. The van der Waals surface area contributed by atoms with Crippen molar-refractivity contribution in [2.24, 2.45) is 5.73 Å². The molecule has 1 unspecified atom stereocenters. The summed E-state index contributed by atoms with van der Waals surface area (Å²) in [6.07, 6.45) is 1.23. The summed E-state index contributed by atoms with van der Waals surface area (Å²) in [5.74, 6) is 1.14. The van der Waals surface area contributed by atoms with Crippen LogP contribution >= 0.6 is 0 Å². The minimum Gasteiger partial charge on any atom is -0.496 e. The molecule has 2 N–H and O–H groups in total. The van der Waals surface area contributed by atoms with E-state index in [4.69, 9.17) is 24.9 Å². The van der Waals surface area contributed by atoms with Crippen molar-refractivity contribution >= 4 is 36.1 Å². The second kappa shape index (κ2) is 11.0. The highest BCUT2D eigenvalue weighted by Gasteiger charge is 2.36. The van der Waals surface area contributed by atoms with E-state index in [1.54, 1.807) is 25.4 Å². The zero-order valence-electron chi connectivity index (χ0n) is 25.6. The molecular formula is C31H41N5O4Si. The lowest BCUT2D eigenvalue weighted by atomic mass is 9.87. The molecule has 0 amide bonds. The van der Waals surface area contributed by atoms with Crippen molar-refractivity contribution in [2.75, 3.05) is 13.7 Å². The molecular weight excluding hydrogens is 534 g/mol. The van der Waals surface area contributed by atoms with Gasteiger partial charge in [-0.25, -0.2) is 9.78 Å². The topological polar surface area (TPSA) is 117 Å². The SMILES string of the molecule is COc1cc(C)c2c(ccn2C(=O)OC(C)(C)C)c1C(C)(N)c1nc2cc(C#N)ccc2n1COCC[Si](C)(C)C. The van der Waals surface area contributed by atoms with Gasteiger partial charge in [0.2, 0.25) is 0 Å². The van der Waals surface area contributed by atoms with E-state index in [2.05, 4.69) is 25.7 Å². The van der Waals surface area contributed by atoms with Crippen LogP contribution in [0.25, 0.3) is 21.9 Å². The summed E-state index contributed by atoms with van der Waals surface area (Å²) in [4.78, 5) is 18.1. The van der Waals surface area contributed by atoms with Gasteiger partial charge >= 0.3 is 6.09 Å². The summed E-state index contributed by atoms with van der Waals surface area (Å²) < 4.78 is 21.2. The summed E-state index contributed by atoms with van der Waals surface area (Å²) in [6, 6.07) is 12.4. The number of ether oxygens (including phenoxy) is 3. The number of rotatable bonds is 8. The summed E-state index contributed by atoms with van der Waals surface area (Å²) >= 11 is 0. The van der Waals surface area contributed by atoms with Crippen LogP contribution in [0.4, 0.5) is 4.79 Å². The predicted octanol–water partition coefficient (Wildman–Crippen LogP) is 6.50. The Labute approximate surface area is 242 Å². The van der Waals surface area contributed by atoms with Crippen LogP contribution < -0.4 is 10.5 Å². The van der Waals surface area contributed by atoms with Crippen LogP contribution in [-0.2, 0) is 21.7 Å². The maximum Gasteiger partial charge on any atom is 0.419 e. The third-order valence-electron chi connectivity index (χ3n) is 7.01. The highest BCUT2D eigenvalue weighted by molar-refractivity contribution is 6.76. The molecule has 0 saturated carbocycles. The van der Waals surface area contributed by atoms with Crippen molar-refractivity contribution in [1.82, 2.24) is 14.1 Å². The average Bonchev–Trinajstić information content (AvgIpc) is 3.47. The number of hydrogen-bond donors (Lipinski definition) is 1. The monoisotopic (exact) mass is 575 g/mol. The van der Waals surface area contributed by atoms with E-state index in [1.807, 2.05) is 57.4 Å². The highest BCUT2D eigenvalue weighted by Crippen LogP contribution is 2.41. The van der Waals surface area contributed by atoms with Crippen LogP contribution in [0.2, 0.25) is 25.7 Å². The van der Waals surface area contributed by atoms with Gasteiger partial charge in [-0.1, -0.05) is 19.6 Å². The number of aromatic nitrogens is 3. The Morgan fingerprint density at radius 2 is 1.85 bits per heavy atom. The summed E-state index contributed by atoms with van der Waals surface area (Å²) in [5.41, 5.74) is 9.61. The molecule has 4 rings (SSSR count). The van der Waals surface area contributed by atoms with Crippen molar-refractivity contribution in [2.45, 2.75) is 78.2 Å². The summed E-state index contributed by atoms with van der Waals surface area (Å²) in [5, 5.41) is 10.3. The van der Waals surface area contributed by atoms with Crippen molar-refractivity contribution in [1.29, 1.82) is 5.26 Å². The number of carbonyl (C=O) groups is 1. The molecule has 0 aliphatic heterocycles. The zero-order valence-corrected chi connectivity index (χ0v) is 26.6. The summed E-state index contributed by atoms with van der Waals surface area (Å²) in [7, 11) is 0.318. The van der Waals surface area contributed by atoms with Crippen LogP contribution in [0.5, 0.6) is 5.75 Å². The molecule has 218 valence electrons. The van der Waals surface area contributed by atoms with E-state index in [1.165, 1.54) is 4.57 Å². The van der Waals surface area contributed by atoms with Gasteiger partial charge in [0.15, 0.2) is 0 Å². The minimum absolute atomic E-state index is 0.255. The minimum atomic E-state index is -1.29. The third kappa shape index (κ3) is 6.17. The first-order valence-electron chi connectivity index (χ1n) is 13.8. The first-order valence-corrected chi connectivity index (χ1v) is 17.5. The van der Waals surface area contributed by atoms with Gasteiger partial charge in [-0.2, -0.15) is 5.26 Å². The van der Waals surface area contributed by atoms with Gasteiger partial charge in [0.25, 0.3) is 0 Å². The highest BCUT2D eigenvalue weighted by atomic mass is 28.3. The molecule has 0 radical (unpaired) electrons. The lowest BCUT2D eigenvalue weighted by Gasteiger charge is -2.29.